The number of nitrogens with one attached hydrogen (secondary N) is 2. The predicted molar refractivity (Wildman–Crippen MR) is 163 cm³/mol. The van der Waals surface area contributed by atoms with Gasteiger partial charge in [0.25, 0.3) is 5.91 Å². The fraction of sp³-hybridized carbons (Fsp3) is 0.172. The molecule has 2 aliphatic rings. The Bertz CT molecular complexity index is 1760. The fourth-order valence-corrected chi connectivity index (χ4v) is 8.16. The first kappa shape index (κ1) is 27.8. The summed E-state index contributed by atoms with van der Waals surface area (Å²) in [6, 6.07) is 19.2. The summed E-state index contributed by atoms with van der Waals surface area (Å²) in [4.78, 5) is 57.2. The van der Waals surface area contributed by atoms with Crippen LogP contribution in [0.15, 0.2) is 81.0 Å². The van der Waals surface area contributed by atoms with Crippen molar-refractivity contribution in [2.45, 2.75) is 23.1 Å². The van der Waals surface area contributed by atoms with Gasteiger partial charge in [-0.15, -0.1) is 0 Å². The molecule has 0 saturated carbocycles. The van der Waals surface area contributed by atoms with Crippen molar-refractivity contribution in [3.05, 3.63) is 102 Å². The molecule has 6 rings (SSSR count). The second kappa shape index (κ2) is 11.1. The van der Waals surface area contributed by atoms with E-state index in [0.29, 0.717) is 37.6 Å². The van der Waals surface area contributed by atoms with Crippen LogP contribution in [0.1, 0.15) is 21.9 Å². The van der Waals surface area contributed by atoms with Gasteiger partial charge >= 0.3 is 4.87 Å². The molecule has 0 bridgehead atoms. The molecule has 3 atom stereocenters. The van der Waals surface area contributed by atoms with Gasteiger partial charge in [-0.05, 0) is 67.1 Å². The Labute approximate surface area is 256 Å². The highest BCUT2D eigenvalue weighted by atomic mass is 79.9. The Morgan fingerprint density at radius 1 is 1.07 bits per heavy atom. The predicted octanol–water partition coefficient (Wildman–Crippen LogP) is 5.97. The second-order valence-corrected chi connectivity index (χ2v) is 13.1. The number of carbonyl (C=O) groups is 3. The zero-order chi connectivity index (χ0) is 28.8. The van der Waals surface area contributed by atoms with E-state index in [9.17, 15) is 19.2 Å². The van der Waals surface area contributed by atoms with E-state index in [1.165, 1.54) is 16.7 Å². The topological polar surface area (TPSA) is 109 Å². The molecule has 0 aliphatic carbocycles. The molecular formula is C29H21BrClN3O5S2. The Morgan fingerprint density at radius 3 is 2.61 bits per heavy atom. The number of hydrogen-bond acceptors (Lipinski definition) is 7. The first-order valence-electron chi connectivity index (χ1n) is 12.5. The van der Waals surface area contributed by atoms with Crippen LogP contribution in [-0.2, 0) is 14.4 Å². The number of ether oxygens (including phenoxy) is 1. The molecule has 41 heavy (non-hydrogen) atoms. The number of H-pyrrole nitrogens is 1. The molecule has 2 aliphatic heterocycles. The van der Waals surface area contributed by atoms with E-state index >= 15 is 0 Å². The maximum Gasteiger partial charge on any atom is 0.305 e. The van der Waals surface area contributed by atoms with Gasteiger partial charge in [0.2, 0.25) is 11.8 Å². The third kappa shape index (κ3) is 5.34. The highest BCUT2D eigenvalue weighted by Crippen LogP contribution is 2.54. The number of thioether (sulfide) groups is 1. The quantitative estimate of drug-likeness (QED) is 0.245. The maximum atomic E-state index is 14.0. The van der Waals surface area contributed by atoms with Gasteiger partial charge < -0.3 is 15.0 Å². The molecular weight excluding hydrogens is 650 g/mol. The number of carbonyl (C=O) groups excluding carboxylic acids is 3. The number of benzene rings is 3. The molecule has 12 heteroatoms. The smallest absolute Gasteiger partial charge is 0.305 e. The summed E-state index contributed by atoms with van der Waals surface area (Å²) in [6.45, 7) is 1.65. The number of rotatable bonds is 6. The highest BCUT2D eigenvalue weighted by molar-refractivity contribution is 9.10. The molecule has 4 aromatic rings. The molecule has 208 valence electrons. The molecule has 0 spiro atoms. The lowest BCUT2D eigenvalue weighted by Gasteiger charge is -2.31. The minimum atomic E-state index is -0.806. The van der Waals surface area contributed by atoms with E-state index in [1.54, 1.807) is 42.5 Å². The molecule has 3 aromatic carbocycles. The minimum absolute atomic E-state index is 0.280. The van der Waals surface area contributed by atoms with E-state index in [0.717, 1.165) is 21.4 Å². The van der Waals surface area contributed by atoms with Crippen molar-refractivity contribution < 1.29 is 19.1 Å². The number of anilines is 2. The molecule has 2 N–H and O–H groups in total. The average molecular weight is 671 g/mol. The van der Waals surface area contributed by atoms with Gasteiger partial charge in [0.05, 0.1) is 16.6 Å². The number of thiazole rings is 1. The number of amides is 3. The molecule has 0 radical (unpaired) electrons. The van der Waals surface area contributed by atoms with E-state index in [4.69, 9.17) is 16.3 Å². The Morgan fingerprint density at radius 2 is 1.85 bits per heavy atom. The van der Waals surface area contributed by atoms with E-state index in [2.05, 4.69) is 26.2 Å². The van der Waals surface area contributed by atoms with Crippen molar-refractivity contribution in [3.63, 3.8) is 0 Å². The van der Waals surface area contributed by atoms with Crippen LogP contribution < -0.4 is 19.8 Å². The zero-order valence-corrected chi connectivity index (χ0v) is 25.3. The zero-order valence-electron chi connectivity index (χ0n) is 21.4. The van der Waals surface area contributed by atoms with Gasteiger partial charge in [0.1, 0.15) is 11.0 Å². The van der Waals surface area contributed by atoms with Crippen LogP contribution >= 0.6 is 50.6 Å². The number of aryl methyl sites for hydroxylation is 1. The summed E-state index contributed by atoms with van der Waals surface area (Å²) >= 11 is 11.8. The van der Waals surface area contributed by atoms with Crippen LogP contribution in [0.5, 0.6) is 5.75 Å². The normalized spacial score (nSPS) is 19.6. The lowest BCUT2D eigenvalue weighted by Crippen LogP contribution is -2.32. The molecule has 8 nitrogen and oxygen atoms in total. The summed E-state index contributed by atoms with van der Waals surface area (Å²) in [7, 11) is 0. The van der Waals surface area contributed by atoms with Gasteiger partial charge in [-0.2, -0.15) is 0 Å². The fourth-order valence-electron chi connectivity index (χ4n) is 5.15. The van der Waals surface area contributed by atoms with E-state index < -0.39 is 17.1 Å². The van der Waals surface area contributed by atoms with Crippen molar-refractivity contribution in [2.75, 3.05) is 16.8 Å². The third-order valence-corrected chi connectivity index (χ3v) is 10.0. The van der Waals surface area contributed by atoms with Crippen molar-refractivity contribution in [2.24, 2.45) is 5.92 Å². The largest absolute Gasteiger partial charge is 0.483 e. The Kier molecular flexibility index (Phi) is 7.54. The highest BCUT2D eigenvalue weighted by Gasteiger charge is 2.56. The van der Waals surface area contributed by atoms with Gasteiger partial charge in [-0.3, -0.25) is 19.2 Å². The van der Waals surface area contributed by atoms with Crippen LogP contribution in [0.4, 0.5) is 11.4 Å². The first-order chi connectivity index (χ1) is 19.7. The molecule has 1 saturated heterocycles. The van der Waals surface area contributed by atoms with Crippen LogP contribution in [0.3, 0.4) is 0 Å². The number of fused-ring (bicyclic) bond motifs is 2. The molecule has 0 unspecified atom stereocenters. The van der Waals surface area contributed by atoms with Gasteiger partial charge in [0, 0.05) is 31.5 Å². The Hall–Kier alpha value is -3.38. The van der Waals surface area contributed by atoms with Crippen LogP contribution in [-0.4, -0.2) is 34.6 Å². The van der Waals surface area contributed by atoms with Crippen LogP contribution in [0.2, 0.25) is 5.02 Å². The summed E-state index contributed by atoms with van der Waals surface area (Å²) in [6.07, 6.45) is 0. The van der Waals surface area contributed by atoms with Crippen molar-refractivity contribution >= 4 is 79.7 Å². The number of imide groups is 1. The first-order valence-corrected chi connectivity index (χ1v) is 15.4. The summed E-state index contributed by atoms with van der Waals surface area (Å²) in [5.41, 5.74) is 2.68. The lowest BCUT2D eigenvalue weighted by atomic mass is 9.82. The van der Waals surface area contributed by atoms with Gasteiger partial charge in [-0.25, -0.2) is 4.90 Å². The van der Waals surface area contributed by atoms with Gasteiger partial charge in [0.15, 0.2) is 6.61 Å². The van der Waals surface area contributed by atoms with E-state index in [1.807, 2.05) is 31.2 Å². The van der Waals surface area contributed by atoms with Crippen molar-refractivity contribution in [1.82, 2.24) is 4.98 Å². The molecule has 3 heterocycles. The summed E-state index contributed by atoms with van der Waals surface area (Å²) in [5.74, 6) is -2.20. The number of aromatic nitrogens is 1. The van der Waals surface area contributed by atoms with Crippen molar-refractivity contribution in [3.8, 4) is 5.75 Å². The monoisotopic (exact) mass is 669 g/mol. The number of hydrogen-bond donors (Lipinski definition) is 2. The third-order valence-electron chi connectivity index (χ3n) is 6.88. The van der Waals surface area contributed by atoms with Crippen LogP contribution in [0, 0.1) is 12.8 Å². The maximum absolute atomic E-state index is 14.0. The minimum Gasteiger partial charge on any atom is -0.483 e. The number of halogens is 2. The molecule has 1 fully saturated rings. The van der Waals surface area contributed by atoms with E-state index in [-0.39, 0.29) is 29.2 Å². The summed E-state index contributed by atoms with van der Waals surface area (Å²) < 4.78 is 6.74. The number of aromatic amines is 1. The standard InChI is InChI=1S/C29H21BrClN3O5S2/c1-14-3-2-4-17(11-14)32-21(35)13-39-20-10-5-15(30)12-19(20)22-23-25(40-26-24(22)41-29(38)33-26)28(37)34(27(23)36)18-8-6-16(31)7-9-18/h2-12,22-23,25H,13H2,1H3,(H,32,35)(H,33,38)/t22-,23-,25+/m0/s1. The number of nitrogens with zero attached hydrogens (tertiary/aromatic N) is 1. The molecule has 3 amide bonds. The second-order valence-electron chi connectivity index (χ2n) is 9.63. The van der Waals surface area contributed by atoms with Crippen LogP contribution in [0.25, 0.3) is 0 Å². The molecule has 1 aromatic heterocycles. The van der Waals surface area contributed by atoms with Gasteiger partial charge in [-0.1, -0.05) is 62.8 Å². The Balaban J connectivity index is 1.36. The van der Waals surface area contributed by atoms with Crippen molar-refractivity contribution in [1.29, 1.82) is 0 Å². The SMILES string of the molecule is Cc1cccc(NC(=O)COc2ccc(Br)cc2[C@@H]2c3sc(=O)[nH]c3S[C@H]3C(=O)N(c4ccc(Cl)cc4)C(=O)[C@@H]23)c1. The summed E-state index contributed by atoms with van der Waals surface area (Å²) in [5, 5.41) is 3.09. The lowest BCUT2D eigenvalue weighted by molar-refractivity contribution is -0.122. The average Bonchev–Trinajstić information content (AvgIpc) is 3.42.